The van der Waals surface area contributed by atoms with Gasteiger partial charge in [0.25, 0.3) is 0 Å². The van der Waals surface area contributed by atoms with Crippen molar-refractivity contribution in [1.29, 1.82) is 0 Å². The highest BCUT2D eigenvalue weighted by molar-refractivity contribution is 7.90. The normalized spacial score (nSPS) is 12.6. The summed E-state index contributed by atoms with van der Waals surface area (Å²) in [5.41, 5.74) is 0.207. The fraction of sp³-hybridized carbons (Fsp3) is 0.538. The predicted octanol–water partition coefficient (Wildman–Crippen LogP) is 0.635. The van der Waals surface area contributed by atoms with Gasteiger partial charge in [-0.15, -0.1) is 0 Å². The number of hydrogen-bond acceptors (Lipinski definition) is 4. The lowest BCUT2D eigenvalue weighted by Gasteiger charge is -2.29. The Morgan fingerprint density at radius 3 is 2.11 bits per heavy atom. The van der Waals surface area contributed by atoms with Crippen molar-refractivity contribution in [2.75, 3.05) is 25.2 Å². The molecule has 0 atom stereocenters. The molecule has 0 fully saturated rings. The summed E-state index contributed by atoms with van der Waals surface area (Å²) in [5.74, 6) is -0.0268. The molecule has 0 aliphatic rings. The van der Waals surface area contributed by atoms with Crippen LogP contribution >= 0.6 is 0 Å². The Balaban J connectivity index is 2.80. The van der Waals surface area contributed by atoms with Gasteiger partial charge in [0.2, 0.25) is 0 Å². The summed E-state index contributed by atoms with van der Waals surface area (Å²) in [5, 5.41) is 19.0. The third kappa shape index (κ3) is 4.76. The Hall–Kier alpha value is -0.910. The van der Waals surface area contributed by atoms with Gasteiger partial charge in [0, 0.05) is 11.7 Å². The molecule has 5 heteroatoms. The quantitative estimate of drug-likeness (QED) is 0.763. The van der Waals surface area contributed by atoms with Crippen LogP contribution in [-0.2, 0) is 16.3 Å². The molecule has 0 saturated carbocycles. The minimum absolute atomic E-state index is 0.0268. The van der Waals surface area contributed by atoms with Gasteiger partial charge >= 0.3 is 0 Å². The molecular formula is C13H20O4S. The minimum Gasteiger partial charge on any atom is -0.396 e. The number of hydrogen-bond donors (Lipinski definition) is 2. The van der Waals surface area contributed by atoms with Gasteiger partial charge in [0.15, 0.2) is 0 Å². The lowest BCUT2D eigenvalue weighted by atomic mass is 9.81. The van der Waals surface area contributed by atoms with Crippen LogP contribution < -0.4 is 0 Å². The highest BCUT2D eigenvalue weighted by Crippen LogP contribution is 2.27. The van der Waals surface area contributed by atoms with E-state index in [1.165, 1.54) is 0 Å². The molecule has 0 aliphatic carbocycles. The molecule has 1 rings (SSSR count). The van der Waals surface area contributed by atoms with E-state index in [-0.39, 0.29) is 25.4 Å². The van der Waals surface area contributed by atoms with Crippen molar-refractivity contribution in [3.63, 3.8) is 0 Å². The second kappa shape index (κ2) is 6.31. The Kier molecular flexibility index (Phi) is 5.31. The Labute approximate surface area is 108 Å². The lowest BCUT2D eigenvalue weighted by Crippen LogP contribution is -2.34. The third-order valence-corrected chi connectivity index (χ3v) is 4.04. The largest absolute Gasteiger partial charge is 0.396 e. The van der Waals surface area contributed by atoms with Gasteiger partial charge in [-0.05, 0) is 18.4 Å². The fourth-order valence-corrected chi connectivity index (χ4v) is 2.64. The zero-order valence-electron chi connectivity index (χ0n) is 10.5. The van der Waals surface area contributed by atoms with E-state index in [4.69, 9.17) is 0 Å². The summed E-state index contributed by atoms with van der Waals surface area (Å²) in [4.78, 5) is 0. The van der Waals surface area contributed by atoms with Crippen LogP contribution in [0.25, 0.3) is 0 Å². The van der Waals surface area contributed by atoms with E-state index in [2.05, 4.69) is 0 Å². The zero-order valence-corrected chi connectivity index (χ0v) is 11.4. The van der Waals surface area contributed by atoms with E-state index in [0.29, 0.717) is 6.42 Å². The molecule has 4 nitrogen and oxygen atoms in total. The summed E-state index contributed by atoms with van der Waals surface area (Å²) in [6.45, 7) is -0.457. The fourth-order valence-electron chi connectivity index (χ4n) is 1.84. The second-order valence-electron chi connectivity index (χ2n) is 4.86. The summed E-state index contributed by atoms with van der Waals surface area (Å²) < 4.78 is 22.4. The summed E-state index contributed by atoms with van der Waals surface area (Å²) in [6.07, 6.45) is 1.89. The summed E-state index contributed by atoms with van der Waals surface area (Å²) in [6, 6.07) is 9.46. The van der Waals surface area contributed by atoms with E-state index in [9.17, 15) is 18.6 Å². The molecule has 0 bridgehead atoms. The third-order valence-electron chi connectivity index (χ3n) is 3.10. The van der Waals surface area contributed by atoms with Gasteiger partial charge in [-0.3, -0.25) is 0 Å². The van der Waals surface area contributed by atoms with Crippen LogP contribution in [-0.4, -0.2) is 43.9 Å². The molecular weight excluding hydrogens is 252 g/mol. The molecule has 1 aromatic rings. The molecule has 0 spiro atoms. The van der Waals surface area contributed by atoms with Gasteiger partial charge in [-0.25, -0.2) is 8.42 Å². The molecule has 0 amide bonds. The molecule has 0 aromatic heterocycles. The van der Waals surface area contributed by atoms with Crippen molar-refractivity contribution in [3.8, 4) is 0 Å². The van der Waals surface area contributed by atoms with Crippen LogP contribution in [0.1, 0.15) is 12.0 Å². The molecule has 102 valence electrons. The molecule has 2 N–H and O–H groups in total. The topological polar surface area (TPSA) is 74.6 Å². The predicted molar refractivity (Wildman–Crippen MR) is 71.1 cm³/mol. The first-order valence-corrected chi connectivity index (χ1v) is 7.90. The number of sulfone groups is 1. The summed E-state index contributed by atoms with van der Waals surface area (Å²) in [7, 11) is -3.09. The lowest BCUT2D eigenvalue weighted by molar-refractivity contribution is 0.0520. The van der Waals surface area contributed by atoms with Gasteiger partial charge < -0.3 is 10.2 Å². The highest BCUT2D eigenvalue weighted by atomic mass is 32.2. The first kappa shape index (κ1) is 15.1. The van der Waals surface area contributed by atoms with Crippen LogP contribution in [0, 0.1) is 5.41 Å². The van der Waals surface area contributed by atoms with E-state index in [1.54, 1.807) is 0 Å². The Bertz CT molecular complexity index is 449. The van der Waals surface area contributed by atoms with Gasteiger partial charge in [0.1, 0.15) is 9.84 Å². The molecule has 0 radical (unpaired) electrons. The second-order valence-corrected chi connectivity index (χ2v) is 7.12. The van der Waals surface area contributed by atoms with Crippen LogP contribution in [0.15, 0.2) is 30.3 Å². The van der Waals surface area contributed by atoms with Gasteiger partial charge in [-0.1, -0.05) is 30.3 Å². The minimum atomic E-state index is -3.09. The molecule has 0 saturated heterocycles. The average Bonchev–Trinajstić information content (AvgIpc) is 2.35. The average molecular weight is 272 g/mol. The van der Waals surface area contributed by atoms with Crippen LogP contribution in [0.5, 0.6) is 0 Å². The van der Waals surface area contributed by atoms with Gasteiger partial charge in [0.05, 0.1) is 19.0 Å². The molecule has 0 heterocycles. The van der Waals surface area contributed by atoms with Crippen molar-refractivity contribution in [3.05, 3.63) is 35.9 Å². The number of rotatable bonds is 7. The molecule has 0 aliphatic heterocycles. The smallest absolute Gasteiger partial charge is 0.147 e. The maximum Gasteiger partial charge on any atom is 0.147 e. The Morgan fingerprint density at radius 1 is 1.11 bits per heavy atom. The molecule has 18 heavy (non-hydrogen) atoms. The van der Waals surface area contributed by atoms with E-state index in [0.717, 1.165) is 11.8 Å². The monoisotopic (exact) mass is 272 g/mol. The van der Waals surface area contributed by atoms with Crippen molar-refractivity contribution < 1.29 is 18.6 Å². The van der Waals surface area contributed by atoms with Gasteiger partial charge in [-0.2, -0.15) is 0 Å². The number of aliphatic hydroxyl groups excluding tert-OH is 2. The summed E-state index contributed by atoms with van der Waals surface area (Å²) >= 11 is 0. The van der Waals surface area contributed by atoms with E-state index >= 15 is 0 Å². The molecule has 0 unspecified atom stereocenters. The van der Waals surface area contributed by atoms with Crippen molar-refractivity contribution in [1.82, 2.24) is 0 Å². The highest BCUT2D eigenvalue weighted by Gasteiger charge is 2.30. The van der Waals surface area contributed by atoms with Crippen molar-refractivity contribution >= 4 is 9.84 Å². The van der Waals surface area contributed by atoms with E-state index in [1.807, 2.05) is 30.3 Å². The standard InChI is InChI=1S/C13H20O4S/c1-18(16,17)8-7-13(10-14,11-15)9-12-5-3-2-4-6-12/h2-6,14-15H,7-11H2,1H3. The first-order valence-electron chi connectivity index (χ1n) is 5.84. The van der Waals surface area contributed by atoms with Crippen molar-refractivity contribution in [2.24, 2.45) is 5.41 Å². The van der Waals surface area contributed by atoms with Crippen LogP contribution in [0.2, 0.25) is 0 Å². The van der Waals surface area contributed by atoms with Crippen LogP contribution in [0.4, 0.5) is 0 Å². The SMILES string of the molecule is CS(=O)(=O)CCC(CO)(CO)Cc1ccccc1. The maximum atomic E-state index is 11.2. The Morgan fingerprint density at radius 2 is 1.67 bits per heavy atom. The number of benzene rings is 1. The first-order chi connectivity index (χ1) is 8.41. The maximum absolute atomic E-state index is 11.2. The van der Waals surface area contributed by atoms with Crippen molar-refractivity contribution in [2.45, 2.75) is 12.8 Å². The molecule has 1 aromatic carbocycles. The zero-order chi connectivity index (χ0) is 13.6. The number of aliphatic hydroxyl groups is 2. The van der Waals surface area contributed by atoms with E-state index < -0.39 is 15.3 Å². The van der Waals surface area contributed by atoms with Crippen LogP contribution in [0.3, 0.4) is 0 Å².